The van der Waals surface area contributed by atoms with Crippen LogP contribution in [0.15, 0.2) is 46.9 Å². The Hall–Kier alpha value is -2.80. The summed E-state index contributed by atoms with van der Waals surface area (Å²) in [7, 11) is 2.88. The van der Waals surface area contributed by atoms with Crippen molar-refractivity contribution in [2.24, 2.45) is 0 Å². The second kappa shape index (κ2) is 8.29. The van der Waals surface area contributed by atoms with Crippen molar-refractivity contribution in [3.8, 4) is 17.2 Å². The third kappa shape index (κ3) is 4.45. The van der Waals surface area contributed by atoms with Gasteiger partial charge in [-0.3, -0.25) is 0 Å². The minimum absolute atomic E-state index is 0.0654. The molecule has 0 aliphatic rings. The molecule has 0 aliphatic heterocycles. The van der Waals surface area contributed by atoms with Gasteiger partial charge in [-0.05, 0) is 41.3 Å². The number of carbonyl (C=O) groups is 1. The lowest BCUT2D eigenvalue weighted by molar-refractivity contribution is 0.0600. The van der Waals surface area contributed by atoms with E-state index in [0.717, 1.165) is 5.56 Å². The van der Waals surface area contributed by atoms with Crippen LogP contribution in [0.3, 0.4) is 0 Å². The van der Waals surface area contributed by atoms with Gasteiger partial charge in [0.2, 0.25) is 11.8 Å². The average molecular weight is 413 g/mol. The largest absolute Gasteiger partial charge is 0.496 e. The lowest BCUT2D eigenvalue weighted by atomic mass is 9.87. The maximum atomic E-state index is 11.9. The van der Waals surface area contributed by atoms with Crippen LogP contribution in [0, 0.1) is 0 Å². The maximum absolute atomic E-state index is 11.9. The van der Waals surface area contributed by atoms with Crippen LogP contribution < -0.4 is 4.74 Å². The summed E-state index contributed by atoms with van der Waals surface area (Å²) in [5, 5.41) is 7.74. The summed E-state index contributed by atoms with van der Waals surface area (Å²) in [4.78, 5) is 11.9. The molecule has 152 valence electrons. The predicted octanol–water partition coefficient (Wildman–Crippen LogP) is 4.85. The highest BCUT2D eigenvalue weighted by molar-refractivity contribution is 7.80. The number of rotatable bonds is 5. The van der Waals surface area contributed by atoms with Crippen molar-refractivity contribution in [2.75, 3.05) is 14.2 Å². The number of thiol groups is 1. The smallest absolute Gasteiger partial charge is 0.337 e. The number of hydrogen-bond acceptors (Lipinski definition) is 7. The second-order valence-corrected chi connectivity index (χ2v) is 8.14. The number of hydrogen-bond donors (Lipinski definition) is 1. The summed E-state index contributed by atoms with van der Waals surface area (Å²) in [5.41, 5.74) is 3.14. The first-order valence-electron chi connectivity index (χ1n) is 9.13. The van der Waals surface area contributed by atoms with E-state index in [9.17, 15) is 4.79 Å². The first-order valence-corrected chi connectivity index (χ1v) is 9.65. The van der Waals surface area contributed by atoms with Crippen molar-refractivity contribution in [3.63, 3.8) is 0 Å². The molecule has 0 spiro atoms. The molecule has 1 aromatic heterocycles. The van der Waals surface area contributed by atoms with Crippen molar-refractivity contribution in [3.05, 3.63) is 65.0 Å². The molecule has 0 N–H and O–H groups in total. The number of esters is 1. The van der Waals surface area contributed by atoms with E-state index in [1.807, 2.05) is 12.1 Å². The fourth-order valence-corrected chi connectivity index (χ4v) is 3.21. The van der Waals surface area contributed by atoms with Crippen LogP contribution >= 0.6 is 12.6 Å². The zero-order valence-electron chi connectivity index (χ0n) is 17.1. The zero-order valence-corrected chi connectivity index (χ0v) is 18.0. The highest BCUT2D eigenvalue weighted by Crippen LogP contribution is 2.36. The molecule has 3 aromatic rings. The molecular formula is C22H24N2O4S. The first kappa shape index (κ1) is 20.9. The van der Waals surface area contributed by atoms with E-state index in [1.165, 1.54) is 12.7 Å². The van der Waals surface area contributed by atoms with E-state index in [4.69, 9.17) is 13.9 Å². The Kier molecular flexibility index (Phi) is 5.98. The lowest BCUT2D eigenvalue weighted by Gasteiger charge is -2.18. The summed E-state index contributed by atoms with van der Waals surface area (Å²) in [6.45, 7) is 6.48. The van der Waals surface area contributed by atoms with Gasteiger partial charge in [0, 0.05) is 11.1 Å². The highest BCUT2D eigenvalue weighted by Gasteiger charge is 2.23. The minimum atomic E-state index is -0.565. The van der Waals surface area contributed by atoms with Crippen molar-refractivity contribution >= 4 is 18.6 Å². The van der Waals surface area contributed by atoms with Crippen LogP contribution in [0.4, 0.5) is 0 Å². The van der Waals surface area contributed by atoms with Crippen LogP contribution in [0.5, 0.6) is 5.75 Å². The predicted molar refractivity (Wildman–Crippen MR) is 114 cm³/mol. The van der Waals surface area contributed by atoms with Gasteiger partial charge in [0.25, 0.3) is 0 Å². The van der Waals surface area contributed by atoms with Crippen LogP contribution in [0.1, 0.15) is 53.4 Å². The van der Waals surface area contributed by atoms with Gasteiger partial charge in [0.1, 0.15) is 11.0 Å². The highest BCUT2D eigenvalue weighted by atomic mass is 32.1. The van der Waals surface area contributed by atoms with Gasteiger partial charge in [0.05, 0.1) is 19.8 Å². The Labute approximate surface area is 175 Å². The third-order valence-electron chi connectivity index (χ3n) is 4.62. The molecular weight excluding hydrogens is 388 g/mol. The molecule has 0 fully saturated rings. The van der Waals surface area contributed by atoms with E-state index in [0.29, 0.717) is 28.7 Å². The van der Waals surface area contributed by atoms with E-state index in [2.05, 4.69) is 55.7 Å². The number of nitrogens with zero attached hydrogens (tertiary/aromatic N) is 2. The molecule has 0 amide bonds. The summed E-state index contributed by atoms with van der Waals surface area (Å²) in [6, 6.07) is 13.0. The van der Waals surface area contributed by atoms with Crippen molar-refractivity contribution in [1.82, 2.24) is 10.2 Å². The fraction of sp³-hybridized carbons (Fsp3) is 0.318. The Morgan fingerprint density at radius 2 is 1.76 bits per heavy atom. The summed E-state index contributed by atoms with van der Waals surface area (Å²) >= 11 is 4.63. The molecule has 0 bridgehead atoms. The Balaban J connectivity index is 1.91. The van der Waals surface area contributed by atoms with Crippen molar-refractivity contribution in [2.45, 2.75) is 31.4 Å². The monoisotopic (exact) mass is 412 g/mol. The van der Waals surface area contributed by atoms with E-state index in [1.54, 1.807) is 25.3 Å². The molecule has 7 heteroatoms. The van der Waals surface area contributed by atoms with Crippen LogP contribution in [0.2, 0.25) is 0 Å². The molecule has 1 unspecified atom stereocenters. The molecule has 6 nitrogen and oxygen atoms in total. The van der Waals surface area contributed by atoms with Crippen molar-refractivity contribution < 1.29 is 18.7 Å². The standard InChI is InChI=1S/C22H24N2O4S/c1-22(2,3)15-9-6-13(7-10-15)19-23-24-20(28-19)18(29)16-12-14(21(25)27-5)8-11-17(16)26-4/h6-12,18,29H,1-5H3. The number of ether oxygens (including phenoxy) is 2. The van der Waals surface area contributed by atoms with Gasteiger partial charge in [-0.15, -0.1) is 10.2 Å². The average Bonchev–Trinajstić information content (AvgIpc) is 3.22. The minimum Gasteiger partial charge on any atom is -0.496 e. The number of aromatic nitrogens is 2. The van der Waals surface area contributed by atoms with Crippen LogP contribution in [0.25, 0.3) is 11.5 Å². The van der Waals surface area contributed by atoms with Gasteiger partial charge in [-0.25, -0.2) is 4.79 Å². The maximum Gasteiger partial charge on any atom is 0.337 e. The molecule has 29 heavy (non-hydrogen) atoms. The number of carbonyl (C=O) groups excluding carboxylic acids is 1. The van der Waals surface area contributed by atoms with Gasteiger partial charge < -0.3 is 13.9 Å². The second-order valence-electron chi connectivity index (χ2n) is 7.62. The molecule has 1 atom stereocenters. The normalized spacial score (nSPS) is 12.5. The third-order valence-corrected chi connectivity index (χ3v) is 5.12. The molecule has 2 aromatic carbocycles. The quantitative estimate of drug-likeness (QED) is 0.477. The Bertz CT molecular complexity index is 1010. The van der Waals surface area contributed by atoms with Crippen molar-refractivity contribution in [1.29, 1.82) is 0 Å². The number of methoxy groups -OCH3 is 2. The molecule has 3 rings (SSSR count). The van der Waals surface area contributed by atoms with Crippen LogP contribution in [-0.4, -0.2) is 30.4 Å². The number of benzene rings is 2. The lowest BCUT2D eigenvalue weighted by Crippen LogP contribution is -2.10. The molecule has 0 aliphatic carbocycles. The summed E-state index contributed by atoms with van der Waals surface area (Å²) in [5.74, 6) is 0.831. The fourth-order valence-electron chi connectivity index (χ4n) is 2.90. The topological polar surface area (TPSA) is 74.5 Å². The van der Waals surface area contributed by atoms with Gasteiger partial charge in [0.15, 0.2) is 0 Å². The Morgan fingerprint density at radius 3 is 2.34 bits per heavy atom. The van der Waals surface area contributed by atoms with E-state index < -0.39 is 11.2 Å². The van der Waals surface area contributed by atoms with Crippen LogP contribution in [-0.2, 0) is 10.2 Å². The Morgan fingerprint density at radius 1 is 1.07 bits per heavy atom. The molecule has 0 saturated heterocycles. The van der Waals surface area contributed by atoms with E-state index >= 15 is 0 Å². The van der Waals surface area contributed by atoms with Gasteiger partial charge in [-0.1, -0.05) is 32.9 Å². The zero-order chi connectivity index (χ0) is 21.2. The summed E-state index contributed by atoms with van der Waals surface area (Å²) in [6.07, 6.45) is 0. The first-order chi connectivity index (χ1) is 13.7. The molecule has 0 saturated carbocycles. The molecule has 0 radical (unpaired) electrons. The van der Waals surface area contributed by atoms with Gasteiger partial charge >= 0.3 is 5.97 Å². The van der Waals surface area contributed by atoms with Gasteiger partial charge in [-0.2, -0.15) is 12.6 Å². The van der Waals surface area contributed by atoms with E-state index in [-0.39, 0.29) is 5.41 Å². The SMILES string of the molecule is COC(=O)c1ccc(OC)c(C(S)c2nnc(-c3ccc(C(C)(C)C)cc3)o2)c1. The molecule has 1 heterocycles. The summed E-state index contributed by atoms with van der Waals surface area (Å²) < 4.78 is 16.1.